The van der Waals surface area contributed by atoms with E-state index in [0.29, 0.717) is 0 Å². The van der Waals surface area contributed by atoms with Crippen LogP contribution in [0.5, 0.6) is 5.75 Å². The summed E-state index contributed by atoms with van der Waals surface area (Å²) < 4.78 is 5.42. The van der Waals surface area contributed by atoms with Gasteiger partial charge in [0.15, 0.2) is 0 Å². The maximum Gasteiger partial charge on any atom is 0.122 e. The smallest absolute Gasteiger partial charge is 0.122 e. The second-order valence-corrected chi connectivity index (χ2v) is 5.78. The Balaban J connectivity index is 3.24. The fourth-order valence-electron chi connectivity index (χ4n) is 2.22. The molecule has 2 atom stereocenters. The molecule has 19 heavy (non-hydrogen) atoms. The minimum absolute atomic E-state index is 0.0205. The van der Waals surface area contributed by atoms with Crippen LogP contribution in [0.4, 0.5) is 0 Å². The topological polar surface area (TPSA) is 67.5 Å². The van der Waals surface area contributed by atoms with Crippen molar-refractivity contribution in [3.8, 4) is 5.75 Å². The SMILES string of the molecule is CNC(c1ccc(OC)c(C(C)(C)C)c1)C(O)CN. The molecule has 0 fully saturated rings. The Hall–Kier alpha value is -1.10. The van der Waals surface area contributed by atoms with Crippen molar-refractivity contribution in [1.82, 2.24) is 5.32 Å². The Labute approximate surface area is 116 Å². The third kappa shape index (κ3) is 3.69. The summed E-state index contributed by atoms with van der Waals surface area (Å²) in [5, 5.41) is 13.1. The molecule has 4 N–H and O–H groups in total. The Morgan fingerprint density at radius 1 is 1.37 bits per heavy atom. The summed E-state index contributed by atoms with van der Waals surface area (Å²) in [5.74, 6) is 0.869. The van der Waals surface area contributed by atoms with Crippen LogP contribution in [0.3, 0.4) is 0 Å². The van der Waals surface area contributed by atoms with Crippen LogP contribution in [0, 0.1) is 0 Å². The van der Waals surface area contributed by atoms with Gasteiger partial charge in [0.2, 0.25) is 0 Å². The number of benzene rings is 1. The van der Waals surface area contributed by atoms with E-state index in [9.17, 15) is 5.11 Å². The summed E-state index contributed by atoms with van der Waals surface area (Å²) >= 11 is 0. The molecule has 0 aliphatic heterocycles. The molecule has 1 aromatic rings. The number of methoxy groups -OCH3 is 1. The number of aliphatic hydroxyl groups excluding tert-OH is 1. The van der Waals surface area contributed by atoms with Crippen LogP contribution in [0.1, 0.15) is 37.9 Å². The minimum atomic E-state index is -0.605. The Morgan fingerprint density at radius 2 is 2.00 bits per heavy atom. The Bertz CT molecular complexity index is 413. The first-order valence-electron chi connectivity index (χ1n) is 6.59. The van der Waals surface area contributed by atoms with Crippen molar-refractivity contribution in [3.05, 3.63) is 29.3 Å². The third-order valence-corrected chi connectivity index (χ3v) is 3.33. The number of ether oxygens (including phenoxy) is 1. The zero-order chi connectivity index (χ0) is 14.6. The first-order valence-corrected chi connectivity index (χ1v) is 6.59. The highest BCUT2D eigenvalue weighted by atomic mass is 16.5. The van der Waals surface area contributed by atoms with Gasteiger partial charge >= 0.3 is 0 Å². The van der Waals surface area contributed by atoms with Crippen LogP contribution in [0.15, 0.2) is 18.2 Å². The van der Waals surface area contributed by atoms with E-state index in [1.54, 1.807) is 7.11 Å². The van der Waals surface area contributed by atoms with Crippen molar-refractivity contribution in [1.29, 1.82) is 0 Å². The molecule has 0 aliphatic carbocycles. The normalized spacial score (nSPS) is 15.1. The van der Waals surface area contributed by atoms with Crippen LogP contribution in [-0.4, -0.2) is 31.9 Å². The Morgan fingerprint density at radius 3 is 2.42 bits per heavy atom. The number of likely N-dealkylation sites (N-methyl/N-ethyl adjacent to an activating group) is 1. The van der Waals surface area contributed by atoms with Crippen molar-refractivity contribution < 1.29 is 9.84 Å². The lowest BCUT2D eigenvalue weighted by atomic mass is 9.84. The average Bonchev–Trinajstić information content (AvgIpc) is 2.38. The van der Waals surface area contributed by atoms with E-state index in [-0.39, 0.29) is 18.0 Å². The molecule has 2 unspecified atom stereocenters. The molecular formula is C15H26N2O2. The second-order valence-electron chi connectivity index (χ2n) is 5.78. The van der Waals surface area contributed by atoms with Crippen molar-refractivity contribution >= 4 is 0 Å². The zero-order valence-corrected chi connectivity index (χ0v) is 12.5. The highest BCUT2D eigenvalue weighted by Gasteiger charge is 2.23. The van der Waals surface area contributed by atoms with Gasteiger partial charge in [-0.1, -0.05) is 26.8 Å². The lowest BCUT2D eigenvalue weighted by Crippen LogP contribution is -2.35. The van der Waals surface area contributed by atoms with Gasteiger partial charge in [0.05, 0.1) is 19.3 Å². The monoisotopic (exact) mass is 266 g/mol. The largest absolute Gasteiger partial charge is 0.496 e. The lowest BCUT2D eigenvalue weighted by molar-refractivity contribution is 0.139. The second kappa shape index (κ2) is 6.37. The van der Waals surface area contributed by atoms with Gasteiger partial charge in [0, 0.05) is 6.54 Å². The highest BCUT2D eigenvalue weighted by molar-refractivity contribution is 5.42. The predicted molar refractivity (Wildman–Crippen MR) is 78.6 cm³/mol. The summed E-state index contributed by atoms with van der Waals surface area (Å²) in [6.07, 6.45) is -0.605. The summed E-state index contributed by atoms with van der Waals surface area (Å²) in [4.78, 5) is 0. The molecule has 0 aliphatic rings. The zero-order valence-electron chi connectivity index (χ0n) is 12.5. The fraction of sp³-hybridized carbons (Fsp3) is 0.600. The van der Waals surface area contributed by atoms with Gasteiger partial charge in [0.1, 0.15) is 5.75 Å². The molecule has 4 heteroatoms. The number of aliphatic hydroxyl groups is 1. The molecule has 0 saturated carbocycles. The molecule has 0 saturated heterocycles. The van der Waals surface area contributed by atoms with E-state index in [1.165, 1.54) is 0 Å². The first-order chi connectivity index (χ1) is 8.85. The van der Waals surface area contributed by atoms with Gasteiger partial charge < -0.3 is 20.9 Å². The van der Waals surface area contributed by atoms with Crippen LogP contribution < -0.4 is 15.8 Å². The van der Waals surface area contributed by atoms with E-state index in [1.807, 2.05) is 19.2 Å². The van der Waals surface area contributed by atoms with Gasteiger partial charge in [0.25, 0.3) is 0 Å². The highest BCUT2D eigenvalue weighted by Crippen LogP contribution is 2.33. The van der Waals surface area contributed by atoms with Gasteiger partial charge in [-0.05, 0) is 35.7 Å². The summed E-state index contributed by atoms with van der Waals surface area (Å²) in [7, 11) is 3.50. The van der Waals surface area contributed by atoms with Crippen LogP contribution in [0.25, 0.3) is 0 Å². The summed E-state index contributed by atoms with van der Waals surface area (Å²) in [5.41, 5.74) is 7.67. The average molecular weight is 266 g/mol. The van der Waals surface area contributed by atoms with Crippen LogP contribution in [0.2, 0.25) is 0 Å². The number of hydrogen-bond donors (Lipinski definition) is 3. The van der Waals surface area contributed by atoms with Gasteiger partial charge in [-0.2, -0.15) is 0 Å². The standard InChI is InChI=1S/C15H26N2O2/c1-15(2,3)11-8-10(6-7-13(11)19-5)14(17-4)12(18)9-16/h6-8,12,14,17-18H,9,16H2,1-5H3. The molecule has 0 aromatic heterocycles. The van der Waals surface area contributed by atoms with Gasteiger partial charge in [-0.3, -0.25) is 0 Å². The fourth-order valence-corrected chi connectivity index (χ4v) is 2.22. The molecule has 0 radical (unpaired) electrons. The van der Waals surface area contributed by atoms with Crippen molar-refractivity contribution in [2.24, 2.45) is 5.73 Å². The maximum atomic E-state index is 9.97. The lowest BCUT2D eigenvalue weighted by Gasteiger charge is -2.26. The van der Waals surface area contributed by atoms with E-state index in [2.05, 4.69) is 32.2 Å². The Kier molecular flexibility index (Phi) is 5.35. The molecule has 4 nitrogen and oxygen atoms in total. The molecule has 0 bridgehead atoms. The maximum absolute atomic E-state index is 9.97. The van der Waals surface area contributed by atoms with Gasteiger partial charge in [-0.15, -0.1) is 0 Å². The number of nitrogens with one attached hydrogen (secondary N) is 1. The molecule has 108 valence electrons. The number of rotatable bonds is 5. The van der Waals surface area contributed by atoms with Crippen molar-refractivity contribution in [2.45, 2.75) is 38.3 Å². The summed E-state index contributed by atoms with van der Waals surface area (Å²) in [6, 6.07) is 5.83. The minimum Gasteiger partial charge on any atom is -0.496 e. The molecule has 1 rings (SSSR count). The number of nitrogens with two attached hydrogens (primary N) is 1. The molecule has 1 aromatic carbocycles. The van der Waals surface area contributed by atoms with E-state index >= 15 is 0 Å². The predicted octanol–water partition coefficient (Wildman–Crippen LogP) is 1.57. The first kappa shape index (κ1) is 16.0. The quantitative estimate of drug-likeness (QED) is 0.757. The van der Waals surface area contributed by atoms with E-state index in [4.69, 9.17) is 10.5 Å². The van der Waals surface area contributed by atoms with Crippen LogP contribution >= 0.6 is 0 Å². The molecular weight excluding hydrogens is 240 g/mol. The van der Waals surface area contributed by atoms with Gasteiger partial charge in [-0.25, -0.2) is 0 Å². The van der Waals surface area contributed by atoms with Crippen molar-refractivity contribution in [2.75, 3.05) is 20.7 Å². The van der Waals surface area contributed by atoms with E-state index < -0.39 is 6.10 Å². The molecule has 0 amide bonds. The molecule has 0 heterocycles. The van der Waals surface area contributed by atoms with Crippen molar-refractivity contribution in [3.63, 3.8) is 0 Å². The molecule has 0 spiro atoms. The summed E-state index contributed by atoms with van der Waals surface area (Å²) in [6.45, 7) is 6.65. The number of hydrogen-bond acceptors (Lipinski definition) is 4. The van der Waals surface area contributed by atoms with Crippen LogP contribution in [-0.2, 0) is 5.41 Å². The third-order valence-electron chi connectivity index (χ3n) is 3.33. The van der Waals surface area contributed by atoms with E-state index in [0.717, 1.165) is 16.9 Å².